The Morgan fingerprint density at radius 2 is 1.68 bits per heavy atom. The van der Waals surface area contributed by atoms with Gasteiger partial charge in [-0.1, -0.05) is 20.8 Å². The minimum atomic E-state index is -0.409. The fraction of sp³-hybridized carbons (Fsp3) is 0.765. The van der Waals surface area contributed by atoms with Crippen molar-refractivity contribution in [2.75, 3.05) is 0 Å². The highest BCUT2D eigenvalue weighted by atomic mass is 16.4. The van der Waals surface area contributed by atoms with Gasteiger partial charge in [0.15, 0.2) is 0 Å². The Labute approximate surface area is 116 Å². The molecule has 106 valence electrons. The first-order valence-electron chi connectivity index (χ1n) is 7.82. The van der Waals surface area contributed by atoms with Crippen LogP contribution in [0.5, 0.6) is 0 Å². The zero-order valence-corrected chi connectivity index (χ0v) is 12.3. The van der Waals surface area contributed by atoms with Gasteiger partial charge in [0.05, 0.1) is 0 Å². The van der Waals surface area contributed by atoms with Crippen LogP contribution in [-0.2, 0) is 0 Å². The predicted molar refractivity (Wildman–Crippen MR) is 75.9 cm³/mol. The average molecular weight is 262 g/mol. The largest absolute Gasteiger partial charge is 0.463 e. The maximum atomic E-state index is 10.6. The molecule has 2 nitrogen and oxygen atoms in total. The van der Waals surface area contributed by atoms with E-state index in [4.69, 9.17) is 4.42 Å². The fourth-order valence-electron chi connectivity index (χ4n) is 3.94. The number of rotatable bonds is 3. The summed E-state index contributed by atoms with van der Waals surface area (Å²) in [5.41, 5.74) is 0. The van der Waals surface area contributed by atoms with Gasteiger partial charge in [-0.2, -0.15) is 0 Å². The Kier molecular flexibility index (Phi) is 3.46. The summed E-state index contributed by atoms with van der Waals surface area (Å²) in [7, 11) is 0. The Morgan fingerprint density at radius 1 is 1.05 bits per heavy atom. The van der Waals surface area contributed by atoms with E-state index < -0.39 is 6.10 Å². The second-order valence-electron chi connectivity index (χ2n) is 7.18. The number of furan rings is 1. The second kappa shape index (κ2) is 4.97. The van der Waals surface area contributed by atoms with Crippen LogP contribution in [0.3, 0.4) is 0 Å². The molecule has 0 saturated heterocycles. The third-order valence-corrected chi connectivity index (χ3v) is 5.08. The average Bonchev–Trinajstić information content (AvgIpc) is 2.90. The zero-order valence-electron chi connectivity index (χ0n) is 12.3. The third kappa shape index (κ3) is 2.74. The van der Waals surface area contributed by atoms with Crippen LogP contribution in [-0.4, -0.2) is 5.11 Å². The molecule has 2 aliphatic rings. The molecular formula is C17H26O2. The van der Waals surface area contributed by atoms with Gasteiger partial charge in [-0.15, -0.1) is 0 Å². The van der Waals surface area contributed by atoms with Crippen LogP contribution < -0.4 is 0 Å². The topological polar surface area (TPSA) is 33.4 Å². The lowest BCUT2D eigenvalue weighted by atomic mass is 9.74. The first-order valence-corrected chi connectivity index (χ1v) is 7.82. The van der Waals surface area contributed by atoms with E-state index in [0.29, 0.717) is 11.8 Å². The van der Waals surface area contributed by atoms with E-state index in [9.17, 15) is 5.11 Å². The first-order chi connectivity index (χ1) is 9.04. The van der Waals surface area contributed by atoms with Gasteiger partial charge in [-0.25, -0.2) is 0 Å². The third-order valence-electron chi connectivity index (χ3n) is 5.08. The van der Waals surface area contributed by atoms with E-state index in [1.807, 2.05) is 6.07 Å². The van der Waals surface area contributed by atoms with E-state index >= 15 is 0 Å². The maximum Gasteiger partial charge on any atom is 0.132 e. The van der Waals surface area contributed by atoms with Crippen LogP contribution in [0, 0.1) is 23.7 Å². The molecule has 5 atom stereocenters. The summed E-state index contributed by atoms with van der Waals surface area (Å²) in [5.74, 6) is 5.05. The molecule has 19 heavy (non-hydrogen) atoms. The second-order valence-corrected chi connectivity index (χ2v) is 7.18. The molecule has 5 unspecified atom stereocenters. The molecule has 0 aliphatic heterocycles. The van der Waals surface area contributed by atoms with Crippen molar-refractivity contribution >= 4 is 0 Å². The van der Waals surface area contributed by atoms with Crippen molar-refractivity contribution in [2.24, 2.45) is 23.7 Å². The Hall–Kier alpha value is -0.760. The number of hydrogen-bond donors (Lipinski definition) is 1. The monoisotopic (exact) mass is 262 g/mol. The van der Waals surface area contributed by atoms with E-state index in [-0.39, 0.29) is 0 Å². The van der Waals surface area contributed by atoms with Crippen molar-refractivity contribution < 1.29 is 9.52 Å². The number of hydrogen-bond acceptors (Lipinski definition) is 2. The molecule has 2 aliphatic carbocycles. The zero-order chi connectivity index (χ0) is 13.6. The lowest BCUT2D eigenvalue weighted by Crippen LogP contribution is -2.24. The minimum Gasteiger partial charge on any atom is -0.463 e. The summed E-state index contributed by atoms with van der Waals surface area (Å²) in [6, 6.07) is 4.07. The normalized spacial score (nSPS) is 40.1. The standard InChI is InChI=1S/C17H26O2/c1-10-6-11(2)8-13(7-10)17(18)16-5-4-15(19-16)14-9-12(14)3/h4-5,10-14,17-18H,6-9H2,1-3H3. The summed E-state index contributed by atoms with van der Waals surface area (Å²) in [6.45, 7) is 6.86. The molecule has 1 heterocycles. The van der Waals surface area contributed by atoms with Crippen molar-refractivity contribution in [1.82, 2.24) is 0 Å². The van der Waals surface area contributed by atoms with E-state index in [1.165, 1.54) is 12.8 Å². The van der Waals surface area contributed by atoms with Crippen LogP contribution in [0.15, 0.2) is 16.5 Å². The molecule has 2 saturated carbocycles. The molecule has 0 bridgehead atoms. The van der Waals surface area contributed by atoms with Gasteiger partial charge >= 0.3 is 0 Å². The summed E-state index contributed by atoms with van der Waals surface area (Å²) in [5, 5.41) is 10.6. The molecular weight excluding hydrogens is 236 g/mol. The highest BCUT2D eigenvalue weighted by Gasteiger charge is 2.38. The predicted octanol–water partition coefficient (Wildman–Crippen LogP) is 4.51. The lowest BCUT2D eigenvalue weighted by molar-refractivity contribution is 0.0389. The molecule has 0 amide bonds. The Morgan fingerprint density at radius 3 is 2.26 bits per heavy atom. The Bertz CT molecular complexity index is 426. The molecule has 1 aromatic rings. The molecule has 0 spiro atoms. The van der Waals surface area contributed by atoms with E-state index in [0.717, 1.165) is 42.1 Å². The molecule has 3 rings (SSSR count). The van der Waals surface area contributed by atoms with Gasteiger partial charge < -0.3 is 9.52 Å². The SMILES string of the molecule is CC1CC(C)CC(C(O)c2ccc(C3CC3C)o2)C1. The first kappa shape index (κ1) is 13.2. The van der Waals surface area contributed by atoms with Crippen LogP contribution in [0.4, 0.5) is 0 Å². The fourth-order valence-corrected chi connectivity index (χ4v) is 3.94. The van der Waals surface area contributed by atoms with Crippen LogP contribution >= 0.6 is 0 Å². The lowest BCUT2D eigenvalue weighted by Gasteiger charge is -2.33. The van der Waals surface area contributed by atoms with Gasteiger partial charge in [0.2, 0.25) is 0 Å². The number of aliphatic hydroxyl groups excluding tert-OH is 1. The van der Waals surface area contributed by atoms with Gasteiger partial charge in [0.1, 0.15) is 17.6 Å². The molecule has 2 fully saturated rings. The van der Waals surface area contributed by atoms with E-state index in [1.54, 1.807) is 0 Å². The van der Waals surface area contributed by atoms with Crippen molar-refractivity contribution in [2.45, 2.75) is 58.5 Å². The van der Waals surface area contributed by atoms with Gasteiger partial charge in [-0.3, -0.25) is 0 Å². The van der Waals surface area contributed by atoms with Gasteiger partial charge in [0, 0.05) is 5.92 Å². The molecule has 2 heteroatoms. The van der Waals surface area contributed by atoms with Crippen LogP contribution in [0.25, 0.3) is 0 Å². The molecule has 1 N–H and O–H groups in total. The highest BCUT2D eigenvalue weighted by molar-refractivity contribution is 5.19. The van der Waals surface area contributed by atoms with Gasteiger partial charge in [0.25, 0.3) is 0 Å². The molecule has 0 radical (unpaired) electrons. The van der Waals surface area contributed by atoms with Crippen LogP contribution in [0.1, 0.15) is 70.0 Å². The molecule has 1 aromatic heterocycles. The highest BCUT2D eigenvalue weighted by Crippen LogP contribution is 2.48. The maximum absolute atomic E-state index is 10.6. The van der Waals surface area contributed by atoms with Crippen molar-refractivity contribution in [3.05, 3.63) is 23.7 Å². The summed E-state index contributed by atoms with van der Waals surface area (Å²) in [4.78, 5) is 0. The summed E-state index contributed by atoms with van der Waals surface area (Å²) in [6.07, 6.45) is 4.38. The Balaban J connectivity index is 1.69. The smallest absolute Gasteiger partial charge is 0.132 e. The quantitative estimate of drug-likeness (QED) is 0.869. The minimum absolute atomic E-state index is 0.370. The van der Waals surface area contributed by atoms with Gasteiger partial charge in [-0.05, 0) is 61.5 Å². The van der Waals surface area contributed by atoms with Crippen molar-refractivity contribution in [3.8, 4) is 0 Å². The summed E-state index contributed by atoms with van der Waals surface area (Å²) >= 11 is 0. The van der Waals surface area contributed by atoms with E-state index in [2.05, 4.69) is 26.8 Å². The van der Waals surface area contributed by atoms with Crippen LogP contribution in [0.2, 0.25) is 0 Å². The summed E-state index contributed by atoms with van der Waals surface area (Å²) < 4.78 is 5.91. The number of aliphatic hydroxyl groups is 1. The molecule has 0 aromatic carbocycles. The van der Waals surface area contributed by atoms with Crippen molar-refractivity contribution in [1.29, 1.82) is 0 Å². The van der Waals surface area contributed by atoms with Crippen molar-refractivity contribution in [3.63, 3.8) is 0 Å².